The van der Waals surface area contributed by atoms with E-state index >= 15 is 0 Å². The Kier molecular flexibility index (Phi) is 6.99. The van der Waals surface area contributed by atoms with Gasteiger partial charge in [0.25, 0.3) is 0 Å². The van der Waals surface area contributed by atoms with E-state index in [1.165, 1.54) is 12.5 Å². The molecule has 0 saturated heterocycles. The highest BCUT2D eigenvalue weighted by atomic mass is 19.2. The summed E-state index contributed by atoms with van der Waals surface area (Å²) in [6.45, 7) is 2.22. The van der Waals surface area contributed by atoms with Gasteiger partial charge in [-0.1, -0.05) is 73.9 Å². The molecule has 0 unspecified atom stereocenters. The van der Waals surface area contributed by atoms with Gasteiger partial charge in [-0.2, -0.15) is 0 Å². The highest BCUT2D eigenvalue weighted by Crippen LogP contribution is 2.37. The molecule has 1 aliphatic rings. The number of hydrogen-bond donors (Lipinski definition) is 0. The molecular weight excluding hydrogens is 409 g/mol. The van der Waals surface area contributed by atoms with Gasteiger partial charge >= 0.3 is 0 Å². The predicted molar refractivity (Wildman–Crippen MR) is 124 cm³/mol. The first kappa shape index (κ1) is 22.2. The molecule has 0 atom stereocenters. The zero-order valence-electron chi connectivity index (χ0n) is 18.2. The minimum Gasteiger partial charge on any atom is -0.491 e. The molecular formula is C28H27F3O. The van der Waals surface area contributed by atoms with E-state index in [2.05, 4.69) is 0 Å². The SMILES string of the molecule is CCOc1ccc(/C=C/c2ccc(-c3ccc(C4CCCCC4)c(F)c3F)cc2)cc1F. The van der Waals surface area contributed by atoms with Gasteiger partial charge in [-0.15, -0.1) is 0 Å². The molecule has 3 aromatic rings. The molecule has 0 bridgehead atoms. The van der Waals surface area contributed by atoms with Crippen LogP contribution >= 0.6 is 0 Å². The maximum atomic E-state index is 14.9. The molecule has 0 amide bonds. The van der Waals surface area contributed by atoms with Crippen molar-refractivity contribution in [2.75, 3.05) is 6.61 Å². The van der Waals surface area contributed by atoms with Crippen molar-refractivity contribution in [2.45, 2.75) is 44.9 Å². The summed E-state index contributed by atoms with van der Waals surface area (Å²) in [7, 11) is 0. The van der Waals surface area contributed by atoms with E-state index < -0.39 is 17.5 Å². The van der Waals surface area contributed by atoms with Gasteiger partial charge in [0.15, 0.2) is 23.2 Å². The summed E-state index contributed by atoms with van der Waals surface area (Å²) in [6.07, 6.45) is 8.82. The van der Waals surface area contributed by atoms with Crippen molar-refractivity contribution in [1.29, 1.82) is 0 Å². The molecule has 0 aromatic heterocycles. The Labute approximate surface area is 187 Å². The Morgan fingerprint density at radius 2 is 1.50 bits per heavy atom. The molecule has 0 N–H and O–H groups in total. The fourth-order valence-corrected chi connectivity index (χ4v) is 4.38. The van der Waals surface area contributed by atoms with Gasteiger partial charge in [0.2, 0.25) is 0 Å². The lowest BCUT2D eigenvalue weighted by atomic mass is 9.83. The number of halogens is 3. The lowest BCUT2D eigenvalue weighted by Gasteiger charge is -2.23. The third kappa shape index (κ3) is 4.90. The quantitative estimate of drug-likeness (QED) is 0.353. The van der Waals surface area contributed by atoms with Crippen molar-refractivity contribution in [1.82, 2.24) is 0 Å². The maximum absolute atomic E-state index is 14.9. The van der Waals surface area contributed by atoms with Gasteiger partial charge in [0.1, 0.15) is 0 Å². The third-order valence-electron chi connectivity index (χ3n) is 6.10. The van der Waals surface area contributed by atoms with Crippen molar-refractivity contribution in [3.05, 3.63) is 88.7 Å². The van der Waals surface area contributed by atoms with Crippen molar-refractivity contribution < 1.29 is 17.9 Å². The summed E-state index contributed by atoms with van der Waals surface area (Å²) in [5.41, 5.74) is 2.99. The molecule has 1 nitrogen and oxygen atoms in total. The Bertz CT molecular complexity index is 1100. The lowest BCUT2D eigenvalue weighted by molar-refractivity contribution is 0.321. The molecule has 0 radical (unpaired) electrons. The van der Waals surface area contributed by atoms with E-state index in [0.29, 0.717) is 23.3 Å². The van der Waals surface area contributed by atoms with Crippen LogP contribution < -0.4 is 4.74 Å². The number of rotatable bonds is 6. The molecule has 4 rings (SSSR count). The molecule has 166 valence electrons. The second-order valence-corrected chi connectivity index (χ2v) is 8.24. The van der Waals surface area contributed by atoms with Crippen LogP contribution in [0.3, 0.4) is 0 Å². The standard InChI is InChI=1S/C28H27F3O/c1-2-32-26-17-12-20(18-25(26)29)9-8-19-10-13-22(14-11-19)24-16-15-23(27(30)28(24)31)21-6-4-3-5-7-21/h8-18,21H,2-7H2,1H3/b9-8+. The van der Waals surface area contributed by atoms with Gasteiger partial charge in [-0.25, -0.2) is 13.2 Å². The van der Waals surface area contributed by atoms with E-state index in [9.17, 15) is 13.2 Å². The van der Waals surface area contributed by atoms with Crippen molar-refractivity contribution in [3.8, 4) is 16.9 Å². The average molecular weight is 437 g/mol. The van der Waals surface area contributed by atoms with Crippen LogP contribution in [-0.2, 0) is 0 Å². The zero-order valence-corrected chi connectivity index (χ0v) is 18.2. The van der Waals surface area contributed by atoms with Crippen LogP contribution in [0.4, 0.5) is 13.2 Å². The highest BCUT2D eigenvalue weighted by molar-refractivity contribution is 5.72. The van der Waals surface area contributed by atoms with Gasteiger partial charge in [-0.3, -0.25) is 0 Å². The molecule has 1 saturated carbocycles. The molecule has 0 spiro atoms. The van der Waals surface area contributed by atoms with E-state index in [4.69, 9.17) is 4.74 Å². The summed E-state index contributed by atoms with van der Waals surface area (Å²) < 4.78 is 48.9. The Balaban J connectivity index is 1.50. The minimum atomic E-state index is -0.777. The predicted octanol–water partition coefficient (Wildman–Crippen LogP) is 8.39. The van der Waals surface area contributed by atoms with Gasteiger partial charge in [0.05, 0.1) is 6.61 Å². The highest BCUT2D eigenvalue weighted by Gasteiger charge is 2.22. The first-order valence-electron chi connectivity index (χ1n) is 11.3. The summed E-state index contributed by atoms with van der Waals surface area (Å²) in [5, 5.41) is 0. The summed E-state index contributed by atoms with van der Waals surface area (Å²) in [4.78, 5) is 0. The van der Waals surface area contributed by atoms with Crippen LogP contribution in [-0.4, -0.2) is 6.61 Å². The number of hydrogen-bond acceptors (Lipinski definition) is 1. The van der Waals surface area contributed by atoms with E-state index in [-0.39, 0.29) is 17.2 Å². The first-order valence-corrected chi connectivity index (χ1v) is 11.3. The Hall–Kier alpha value is -3.01. The van der Waals surface area contributed by atoms with Crippen LogP contribution in [0.25, 0.3) is 23.3 Å². The molecule has 0 heterocycles. The van der Waals surface area contributed by atoms with Gasteiger partial charge in [-0.05, 0) is 60.1 Å². The van der Waals surface area contributed by atoms with Crippen molar-refractivity contribution >= 4 is 12.2 Å². The van der Waals surface area contributed by atoms with Crippen LogP contribution in [0.5, 0.6) is 5.75 Å². The molecule has 3 aromatic carbocycles. The average Bonchev–Trinajstić information content (AvgIpc) is 2.82. The van der Waals surface area contributed by atoms with Crippen LogP contribution in [0.15, 0.2) is 54.6 Å². The summed E-state index contributed by atoms with van der Waals surface area (Å²) in [6, 6.07) is 15.5. The number of benzene rings is 3. The topological polar surface area (TPSA) is 9.23 Å². The summed E-state index contributed by atoms with van der Waals surface area (Å²) >= 11 is 0. The minimum absolute atomic E-state index is 0.118. The summed E-state index contributed by atoms with van der Waals surface area (Å²) in [5.74, 6) is -1.54. The van der Waals surface area contributed by atoms with E-state index in [1.807, 2.05) is 25.1 Å². The normalized spacial score (nSPS) is 14.8. The molecule has 4 heteroatoms. The molecule has 32 heavy (non-hydrogen) atoms. The monoisotopic (exact) mass is 436 g/mol. The van der Waals surface area contributed by atoms with Crippen LogP contribution in [0.1, 0.15) is 61.6 Å². The third-order valence-corrected chi connectivity index (χ3v) is 6.10. The fourth-order valence-electron chi connectivity index (χ4n) is 4.38. The smallest absolute Gasteiger partial charge is 0.166 e. The Morgan fingerprint density at radius 1 is 0.812 bits per heavy atom. The fraction of sp³-hybridized carbons (Fsp3) is 0.286. The Morgan fingerprint density at radius 3 is 2.19 bits per heavy atom. The molecule has 1 fully saturated rings. The van der Waals surface area contributed by atoms with E-state index in [1.54, 1.807) is 42.5 Å². The second-order valence-electron chi connectivity index (χ2n) is 8.24. The molecule has 0 aliphatic heterocycles. The number of ether oxygens (including phenoxy) is 1. The lowest BCUT2D eigenvalue weighted by Crippen LogP contribution is -2.08. The van der Waals surface area contributed by atoms with Gasteiger partial charge in [0, 0.05) is 5.56 Å². The molecule has 1 aliphatic carbocycles. The van der Waals surface area contributed by atoms with Gasteiger partial charge < -0.3 is 4.74 Å². The maximum Gasteiger partial charge on any atom is 0.166 e. The second kappa shape index (κ2) is 10.1. The van der Waals surface area contributed by atoms with Crippen LogP contribution in [0.2, 0.25) is 0 Å². The zero-order chi connectivity index (χ0) is 22.5. The first-order chi connectivity index (χ1) is 15.6. The van der Waals surface area contributed by atoms with E-state index in [0.717, 1.165) is 31.2 Å². The van der Waals surface area contributed by atoms with Crippen LogP contribution in [0, 0.1) is 17.5 Å². The van der Waals surface area contributed by atoms with Crippen molar-refractivity contribution in [2.24, 2.45) is 0 Å². The van der Waals surface area contributed by atoms with Crippen molar-refractivity contribution in [3.63, 3.8) is 0 Å². The largest absolute Gasteiger partial charge is 0.491 e.